The molecule has 0 unspecified atom stereocenters. The second-order valence-electron chi connectivity index (χ2n) is 11.4. The van der Waals surface area contributed by atoms with Crippen LogP contribution in [0.5, 0.6) is 0 Å². The summed E-state index contributed by atoms with van der Waals surface area (Å²) in [6, 6.07) is 58.7. The second-order valence-corrected chi connectivity index (χ2v) is 11.4. The lowest BCUT2D eigenvalue weighted by molar-refractivity contribution is 0.669. The van der Waals surface area contributed by atoms with Crippen molar-refractivity contribution in [2.75, 3.05) is 4.90 Å². The molecule has 1 aromatic heterocycles. The zero-order valence-electron chi connectivity index (χ0n) is 23.9. The number of benzene rings is 8. The van der Waals surface area contributed by atoms with Gasteiger partial charge in [-0.1, -0.05) is 109 Å². The van der Waals surface area contributed by atoms with Crippen LogP contribution in [-0.4, -0.2) is 0 Å². The van der Waals surface area contributed by atoms with Crippen LogP contribution in [0.4, 0.5) is 17.1 Å². The van der Waals surface area contributed by atoms with E-state index in [1.165, 1.54) is 43.4 Å². The number of hydrogen-bond acceptors (Lipinski definition) is 2. The Morgan fingerprint density at radius 1 is 0.318 bits per heavy atom. The van der Waals surface area contributed by atoms with Crippen LogP contribution in [0, 0.1) is 0 Å². The molecule has 9 aromatic rings. The summed E-state index contributed by atoms with van der Waals surface area (Å²) in [5.74, 6) is 0. The van der Waals surface area contributed by atoms with Crippen molar-refractivity contribution in [2.45, 2.75) is 0 Å². The smallest absolute Gasteiger partial charge is 0.136 e. The molecular weight excluding hydrogens is 534 g/mol. The molecule has 0 spiro atoms. The molecule has 8 aromatic carbocycles. The Bertz CT molecular complexity index is 2510. The van der Waals surface area contributed by atoms with Gasteiger partial charge in [-0.25, -0.2) is 0 Å². The summed E-state index contributed by atoms with van der Waals surface area (Å²) in [6.45, 7) is 0. The zero-order valence-corrected chi connectivity index (χ0v) is 23.9. The summed E-state index contributed by atoms with van der Waals surface area (Å²) in [7, 11) is 0. The molecule has 0 amide bonds. The van der Waals surface area contributed by atoms with Gasteiger partial charge in [0.05, 0.1) is 0 Å². The predicted molar refractivity (Wildman–Crippen MR) is 186 cm³/mol. The van der Waals surface area contributed by atoms with Gasteiger partial charge in [-0.15, -0.1) is 0 Å². The zero-order chi connectivity index (χ0) is 29.0. The van der Waals surface area contributed by atoms with Crippen LogP contribution in [-0.2, 0) is 0 Å². The van der Waals surface area contributed by atoms with Gasteiger partial charge in [-0.2, -0.15) is 0 Å². The lowest BCUT2D eigenvalue weighted by Crippen LogP contribution is -2.10. The lowest BCUT2D eigenvalue weighted by Gasteiger charge is -2.26. The van der Waals surface area contributed by atoms with Crippen molar-refractivity contribution in [1.29, 1.82) is 0 Å². The molecule has 0 aliphatic carbocycles. The number of anilines is 3. The predicted octanol–water partition coefficient (Wildman–Crippen LogP) is 12.2. The van der Waals surface area contributed by atoms with E-state index in [-0.39, 0.29) is 0 Å². The average Bonchev–Trinajstić information content (AvgIpc) is 3.44. The van der Waals surface area contributed by atoms with Gasteiger partial charge in [-0.05, 0) is 98.0 Å². The number of hydrogen-bond donors (Lipinski definition) is 0. The van der Waals surface area contributed by atoms with Crippen LogP contribution >= 0.6 is 0 Å². The molecule has 0 N–H and O–H groups in total. The lowest BCUT2D eigenvalue weighted by atomic mass is 10.0. The minimum Gasteiger partial charge on any atom is -0.456 e. The van der Waals surface area contributed by atoms with Crippen LogP contribution in [0.3, 0.4) is 0 Å². The van der Waals surface area contributed by atoms with Gasteiger partial charge in [0.2, 0.25) is 0 Å². The third-order valence-corrected chi connectivity index (χ3v) is 8.78. The second kappa shape index (κ2) is 9.86. The monoisotopic (exact) mass is 561 g/mol. The SMILES string of the molecule is c1ccc(-c2cccc(N(c3ccc4ccc5ccccc5c4c3)c3ccc4oc5cc6ccccc6cc5c4c3)c2)cc1. The van der Waals surface area contributed by atoms with Crippen molar-refractivity contribution >= 4 is 71.3 Å². The average molecular weight is 562 g/mol. The molecule has 0 aliphatic heterocycles. The molecule has 0 saturated heterocycles. The van der Waals surface area contributed by atoms with E-state index in [1.807, 2.05) is 0 Å². The number of furan rings is 1. The Labute approximate surface area is 255 Å². The first kappa shape index (κ1) is 24.7. The molecule has 0 fully saturated rings. The van der Waals surface area contributed by atoms with E-state index in [9.17, 15) is 0 Å². The summed E-state index contributed by atoms with van der Waals surface area (Å²) in [5, 5.41) is 9.60. The van der Waals surface area contributed by atoms with E-state index >= 15 is 0 Å². The van der Waals surface area contributed by atoms with E-state index in [2.05, 4.69) is 169 Å². The molecule has 1 heterocycles. The third-order valence-electron chi connectivity index (χ3n) is 8.78. The topological polar surface area (TPSA) is 16.4 Å². The van der Waals surface area contributed by atoms with Crippen molar-refractivity contribution in [3.05, 3.63) is 164 Å². The number of nitrogens with zero attached hydrogens (tertiary/aromatic N) is 1. The molecule has 0 radical (unpaired) electrons. The first-order valence-electron chi connectivity index (χ1n) is 15.0. The number of rotatable bonds is 4. The highest BCUT2D eigenvalue weighted by Gasteiger charge is 2.17. The Balaban J connectivity index is 1.29. The van der Waals surface area contributed by atoms with Crippen molar-refractivity contribution in [3.8, 4) is 11.1 Å². The van der Waals surface area contributed by atoms with Crippen molar-refractivity contribution in [2.24, 2.45) is 0 Å². The van der Waals surface area contributed by atoms with E-state index < -0.39 is 0 Å². The minimum absolute atomic E-state index is 0.890. The third kappa shape index (κ3) is 4.04. The first-order chi connectivity index (χ1) is 21.8. The molecule has 0 atom stereocenters. The van der Waals surface area contributed by atoms with Gasteiger partial charge in [0.25, 0.3) is 0 Å². The largest absolute Gasteiger partial charge is 0.456 e. The molecule has 2 heteroatoms. The van der Waals surface area contributed by atoms with Crippen molar-refractivity contribution in [3.63, 3.8) is 0 Å². The highest BCUT2D eigenvalue weighted by Crippen LogP contribution is 2.42. The van der Waals surface area contributed by atoms with Crippen LogP contribution < -0.4 is 4.90 Å². The standard InChI is InChI=1S/C42H27NO/c1-2-9-28(10-3-1)31-14-8-15-34(23-31)43(35-20-19-30-18-17-29-11-6-7-16-37(29)38(30)26-35)36-21-22-41-40(27-36)39-24-32-12-4-5-13-33(32)25-42(39)44-41/h1-27H. The summed E-state index contributed by atoms with van der Waals surface area (Å²) >= 11 is 0. The maximum Gasteiger partial charge on any atom is 0.136 e. The van der Waals surface area contributed by atoms with Gasteiger partial charge in [0.1, 0.15) is 11.2 Å². The van der Waals surface area contributed by atoms with E-state index in [0.29, 0.717) is 0 Å². The Kier molecular flexibility index (Phi) is 5.54. The van der Waals surface area contributed by atoms with Gasteiger partial charge in [0.15, 0.2) is 0 Å². The Morgan fingerprint density at radius 3 is 1.75 bits per heavy atom. The van der Waals surface area contributed by atoms with E-state index in [1.54, 1.807) is 0 Å². The summed E-state index contributed by atoms with van der Waals surface area (Å²) in [6.07, 6.45) is 0. The quantitative estimate of drug-likeness (QED) is 0.199. The van der Waals surface area contributed by atoms with Crippen molar-refractivity contribution in [1.82, 2.24) is 0 Å². The molecule has 0 bridgehead atoms. The minimum atomic E-state index is 0.890. The summed E-state index contributed by atoms with van der Waals surface area (Å²) < 4.78 is 6.37. The normalized spacial score (nSPS) is 11.6. The molecule has 44 heavy (non-hydrogen) atoms. The number of fused-ring (bicyclic) bond motifs is 7. The summed E-state index contributed by atoms with van der Waals surface area (Å²) in [5.41, 5.74) is 7.47. The highest BCUT2D eigenvalue weighted by atomic mass is 16.3. The van der Waals surface area contributed by atoms with Gasteiger partial charge < -0.3 is 9.32 Å². The first-order valence-corrected chi connectivity index (χ1v) is 15.0. The Hall–Kier alpha value is -5.86. The van der Waals surface area contributed by atoms with Crippen LogP contribution in [0.2, 0.25) is 0 Å². The fraction of sp³-hybridized carbons (Fsp3) is 0. The van der Waals surface area contributed by atoms with Crippen LogP contribution in [0.15, 0.2) is 168 Å². The molecule has 9 rings (SSSR count). The molecule has 0 aliphatic rings. The molecule has 0 saturated carbocycles. The molecule has 2 nitrogen and oxygen atoms in total. The Morgan fingerprint density at radius 2 is 0.909 bits per heavy atom. The van der Waals surface area contributed by atoms with E-state index in [4.69, 9.17) is 4.42 Å². The van der Waals surface area contributed by atoms with Gasteiger partial charge in [0, 0.05) is 27.8 Å². The van der Waals surface area contributed by atoms with Gasteiger partial charge >= 0.3 is 0 Å². The molecular formula is C42H27NO. The molecule has 206 valence electrons. The summed E-state index contributed by atoms with van der Waals surface area (Å²) in [4.78, 5) is 2.37. The van der Waals surface area contributed by atoms with Crippen LogP contribution in [0.1, 0.15) is 0 Å². The fourth-order valence-corrected chi connectivity index (χ4v) is 6.62. The maximum absolute atomic E-state index is 6.37. The van der Waals surface area contributed by atoms with Crippen molar-refractivity contribution < 1.29 is 4.42 Å². The van der Waals surface area contributed by atoms with Crippen LogP contribution in [0.25, 0.3) is 65.4 Å². The maximum atomic E-state index is 6.37. The van der Waals surface area contributed by atoms with Gasteiger partial charge in [-0.3, -0.25) is 0 Å². The van der Waals surface area contributed by atoms with E-state index in [0.717, 1.165) is 39.0 Å². The fourth-order valence-electron chi connectivity index (χ4n) is 6.62. The highest BCUT2D eigenvalue weighted by molar-refractivity contribution is 6.12.